The minimum absolute atomic E-state index is 0.344. The number of unbranched alkanes of at least 4 members (excludes halogenated alkanes) is 1. The van der Waals surface area contributed by atoms with Crippen LogP contribution in [0.1, 0.15) is 26.7 Å². The number of carboxylic acids is 2. The molecule has 4 fully saturated rings. The van der Waals surface area contributed by atoms with Crippen LogP contribution in [0.4, 0.5) is 0 Å². The van der Waals surface area contributed by atoms with Gasteiger partial charge in [0.2, 0.25) is 5.91 Å². The number of hydrogen-bond acceptors (Lipinski definition) is 31. The summed E-state index contributed by atoms with van der Waals surface area (Å²) in [5, 5.41) is 94.0. The fourth-order valence-corrected chi connectivity index (χ4v) is 9.59. The van der Waals surface area contributed by atoms with E-state index in [4.69, 9.17) is 42.8 Å². The summed E-state index contributed by atoms with van der Waals surface area (Å²) in [6, 6.07) is -4.96. The predicted octanol–water partition coefficient (Wildman–Crippen LogP) is -9.93. The Labute approximate surface area is 422 Å². The highest BCUT2D eigenvalue weighted by Crippen LogP contribution is 2.37. The zero-order chi connectivity index (χ0) is 57.5. The van der Waals surface area contributed by atoms with Gasteiger partial charge in [0.25, 0.3) is 0 Å². The number of ether oxygens (including phenoxy) is 7. The molecule has 0 radical (unpaired) electrons. The van der Waals surface area contributed by atoms with E-state index in [1.54, 1.807) is 0 Å². The average Bonchev–Trinajstić information content (AvgIpc) is 3.24. The second-order valence-corrected chi connectivity index (χ2v) is 21.1. The SMILES string of the molecule is CC(=O)N[C@@H]1[C@@H](O)[C@H](O[C@@H]2O[C@H](C(=O)O)[C@@H](O[C@@H]3O[C@H](CO)[C@@H](O[C@H]4O[C@@H](C(=O)O)[C@H](O)[C@@H](O)[C@@H]4OS(=O)(=O)O)[C@H](OS(=O)(=O)O)[C@H]3NS(=O)(=O)O)[C@H](O)[C@H]2OS(=O)(=O)O)[C@H](COS(=O)(=O)O)O[C@H]1O.CCCCO. The molecule has 0 aromatic carbocycles. The topological polar surface area (TPSA) is 631 Å². The van der Waals surface area contributed by atoms with Gasteiger partial charge in [0.05, 0.1) is 13.2 Å². The minimum Gasteiger partial charge on any atom is -0.479 e. The van der Waals surface area contributed by atoms with Gasteiger partial charge in [-0.2, -0.15) is 46.8 Å². The molecule has 0 spiro atoms. The number of carboxylic acid groups (broad SMARTS) is 2. The molecule has 0 bridgehead atoms. The van der Waals surface area contributed by atoms with Gasteiger partial charge in [0.1, 0.15) is 73.1 Å². The van der Waals surface area contributed by atoms with Crippen LogP contribution in [0.25, 0.3) is 0 Å². The summed E-state index contributed by atoms with van der Waals surface area (Å²) in [6.45, 7) is 0.156. The second kappa shape index (κ2) is 26.9. The third-order valence-electron chi connectivity index (χ3n) is 10.2. The van der Waals surface area contributed by atoms with Crippen LogP contribution in [0.2, 0.25) is 0 Å². The fraction of sp³-hybridized carbons (Fsp3) is 0.900. The summed E-state index contributed by atoms with van der Waals surface area (Å²) >= 11 is 0. The first-order valence-electron chi connectivity index (χ1n) is 20.5. The van der Waals surface area contributed by atoms with Crippen molar-refractivity contribution in [1.29, 1.82) is 0 Å². The van der Waals surface area contributed by atoms with Gasteiger partial charge in [0, 0.05) is 13.5 Å². The van der Waals surface area contributed by atoms with Gasteiger partial charge in [-0.05, 0) is 6.42 Å². The number of amides is 1. The number of carbonyl (C=O) groups excluding carboxylic acids is 1. The summed E-state index contributed by atoms with van der Waals surface area (Å²) < 4.78 is 222. The summed E-state index contributed by atoms with van der Waals surface area (Å²) in [4.78, 5) is 36.4. The summed E-state index contributed by atoms with van der Waals surface area (Å²) in [7, 11) is -29.1. The highest BCUT2D eigenvalue weighted by atomic mass is 32.3. The number of aliphatic hydroxyl groups excluding tert-OH is 7. The quantitative estimate of drug-likeness (QED) is 0.0423. The molecule has 0 aromatic heterocycles. The van der Waals surface area contributed by atoms with E-state index < -0.39 is 206 Å². The molecule has 0 aromatic rings. The van der Waals surface area contributed by atoms with Crippen molar-refractivity contribution in [2.75, 3.05) is 19.8 Å². The molecule has 0 saturated carbocycles. The third kappa shape index (κ3) is 19.8. The lowest BCUT2D eigenvalue weighted by atomic mass is 9.94. The smallest absolute Gasteiger partial charge is 0.397 e. The first-order chi connectivity index (χ1) is 34.2. The molecule has 45 heteroatoms. The molecule has 20 atom stereocenters. The first-order valence-corrected chi connectivity index (χ1v) is 27.4. The molecular formula is C30H52N2O38S5. The van der Waals surface area contributed by atoms with Crippen LogP contribution < -0.4 is 10.0 Å². The van der Waals surface area contributed by atoms with Gasteiger partial charge in [-0.15, -0.1) is 0 Å². The molecule has 0 aliphatic carbocycles. The second-order valence-electron chi connectivity index (χ2n) is 15.7. The molecule has 440 valence electrons. The van der Waals surface area contributed by atoms with Gasteiger partial charge in [-0.3, -0.25) is 27.6 Å². The van der Waals surface area contributed by atoms with E-state index in [1.807, 2.05) is 5.32 Å². The largest absolute Gasteiger partial charge is 0.479 e. The maximum atomic E-state index is 12.7. The monoisotopic (exact) mass is 1210 g/mol. The number of aliphatic hydroxyl groups is 7. The average molecular weight is 1210 g/mol. The van der Waals surface area contributed by atoms with Crippen LogP contribution in [0.15, 0.2) is 0 Å². The van der Waals surface area contributed by atoms with Crippen molar-refractivity contribution < 1.29 is 175 Å². The lowest BCUT2D eigenvalue weighted by Crippen LogP contribution is -2.71. The number of nitrogens with one attached hydrogen (secondary N) is 2. The molecule has 40 nitrogen and oxygen atoms in total. The Morgan fingerprint density at radius 3 is 1.44 bits per heavy atom. The van der Waals surface area contributed by atoms with Gasteiger partial charge in [-0.1, -0.05) is 13.3 Å². The van der Waals surface area contributed by atoms with Crippen molar-refractivity contribution >= 4 is 69.7 Å². The molecule has 4 rings (SSSR count). The van der Waals surface area contributed by atoms with Gasteiger partial charge in [0.15, 0.2) is 49.6 Å². The number of carbonyl (C=O) groups is 3. The summed E-state index contributed by atoms with van der Waals surface area (Å²) in [6.07, 6.45) is -47.0. The number of aliphatic carboxylic acids is 2. The maximum absolute atomic E-state index is 12.7. The molecule has 16 N–H and O–H groups in total. The van der Waals surface area contributed by atoms with E-state index in [-0.39, 0.29) is 0 Å². The summed E-state index contributed by atoms with van der Waals surface area (Å²) in [5.74, 6) is -5.49. The van der Waals surface area contributed by atoms with Crippen molar-refractivity contribution in [2.24, 2.45) is 0 Å². The molecule has 4 aliphatic heterocycles. The highest BCUT2D eigenvalue weighted by Gasteiger charge is 2.60. The lowest BCUT2D eigenvalue weighted by molar-refractivity contribution is -0.366. The zero-order valence-electron chi connectivity index (χ0n) is 37.7. The first kappa shape index (κ1) is 66.5. The van der Waals surface area contributed by atoms with E-state index in [0.29, 0.717) is 6.61 Å². The third-order valence-corrected chi connectivity index (χ3v) is 12.6. The molecule has 0 unspecified atom stereocenters. The van der Waals surface area contributed by atoms with Crippen LogP contribution >= 0.6 is 0 Å². The zero-order valence-corrected chi connectivity index (χ0v) is 41.8. The van der Waals surface area contributed by atoms with E-state index >= 15 is 0 Å². The van der Waals surface area contributed by atoms with Gasteiger partial charge in [-0.25, -0.2) is 26.3 Å². The highest BCUT2D eigenvalue weighted by molar-refractivity contribution is 7.83. The Morgan fingerprint density at radius 1 is 0.533 bits per heavy atom. The van der Waals surface area contributed by atoms with Gasteiger partial charge >= 0.3 is 63.8 Å². The predicted molar refractivity (Wildman–Crippen MR) is 223 cm³/mol. The van der Waals surface area contributed by atoms with Crippen molar-refractivity contribution in [2.45, 2.75) is 149 Å². The number of hydrogen-bond donors (Lipinski definition) is 16. The van der Waals surface area contributed by atoms with Crippen molar-refractivity contribution in [3.05, 3.63) is 0 Å². The molecule has 4 heterocycles. The maximum Gasteiger partial charge on any atom is 0.397 e. The van der Waals surface area contributed by atoms with E-state index in [1.165, 1.54) is 4.72 Å². The Balaban J connectivity index is 0.00000282. The Morgan fingerprint density at radius 2 is 1.01 bits per heavy atom. The van der Waals surface area contributed by atoms with Crippen molar-refractivity contribution in [1.82, 2.24) is 10.0 Å². The van der Waals surface area contributed by atoms with E-state index in [9.17, 15) is 116 Å². The van der Waals surface area contributed by atoms with Crippen molar-refractivity contribution in [3.63, 3.8) is 0 Å². The Kier molecular flexibility index (Phi) is 23.8. The van der Waals surface area contributed by atoms with Crippen LogP contribution in [0.5, 0.6) is 0 Å². The molecule has 4 aliphatic rings. The number of rotatable bonds is 23. The van der Waals surface area contributed by atoms with E-state index in [0.717, 1.165) is 19.8 Å². The van der Waals surface area contributed by atoms with Crippen LogP contribution in [-0.2, 0) is 116 Å². The fourth-order valence-electron chi connectivity index (χ4n) is 7.21. The van der Waals surface area contributed by atoms with Crippen molar-refractivity contribution in [3.8, 4) is 0 Å². The van der Waals surface area contributed by atoms with E-state index in [2.05, 4.69) is 23.7 Å². The van der Waals surface area contributed by atoms with Crippen LogP contribution in [-0.4, -0.2) is 271 Å². The van der Waals surface area contributed by atoms with Gasteiger partial charge < -0.3 is 84.4 Å². The minimum atomic E-state index is -6.09. The Hall–Kier alpha value is -2.80. The normalized spacial score (nSPS) is 37.1. The lowest BCUT2D eigenvalue weighted by Gasteiger charge is -2.50. The summed E-state index contributed by atoms with van der Waals surface area (Å²) in [5.41, 5.74) is 0. The van der Waals surface area contributed by atoms with Crippen LogP contribution in [0, 0.1) is 0 Å². The molecule has 4 saturated heterocycles. The molecule has 75 heavy (non-hydrogen) atoms. The Bertz CT molecular complexity index is 2500. The van der Waals surface area contributed by atoms with Crippen LogP contribution in [0.3, 0.4) is 0 Å². The molecular weight excluding hydrogens is 1160 g/mol. The molecule has 1 amide bonds. The standard InChI is InChI=1S/C26H42N2O37S5.C4H10O/c1-4(30)27-7-9(31)13(6(56-23(7)39)3-55-67(43,44)45)58-26-19(65-70(52,53)54)12(34)16(20(62-26)22(37)38)60-24-8(28-66(40,41)42)15(63-68(46,47)48)14(5(2-29)57-24)59-25-18(64-69(49,50)51)11(33)10(32)17(61-25)21(35)36;1-2-3-4-5/h5-20,23-26,28-29,31-34,39H,2-3H2,1H3,(H,27,30)(H,35,36)(H,37,38)(H,40,41,42)(H,43,44,45)(H,46,47,48)(H,49,50,51)(H,52,53,54);5H,2-4H2,1H3/t5-,6+,7-,8-,9-,10-,11-,12+,13-,14-,15-,16+,17-,18+,19-,20+,23-,24+,25+,26-;/m1./s1.